The van der Waals surface area contributed by atoms with E-state index in [9.17, 15) is 0 Å². The molecule has 3 aromatic rings. The second-order valence-corrected chi connectivity index (χ2v) is 8.34. The molecular weight excluding hydrogens is 444 g/mol. The molecule has 35 heavy (non-hydrogen) atoms. The zero-order chi connectivity index (χ0) is 24.1. The van der Waals surface area contributed by atoms with Crippen molar-refractivity contribution in [3.63, 3.8) is 0 Å². The molecule has 3 heterocycles. The maximum absolute atomic E-state index is 6.01. The molecule has 186 valence electrons. The van der Waals surface area contributed by atoms with Crippen molar-refractivity contribution < 1.29 is 32.8 Å². The second-order valence-electron chi connectivity index (χ2n) is 8.34. The van der Waals surface area contributed by atoms with Gasteiger partial charge in [-0.05, 0) is 17.2 Å². The normalized spacial score (nSPS) is 15.7. The first-order chi connectivity index (χ1) is 17.3. The highest BCUT2D eigenvalue weighted by Gasteiger charge is 2.14. The number of ether oxygens (including phenoxy) is 5. The Morgan fingerprint density at radius 3 is 1.77 bits per heavy atom. The SMILES string of the molecule is CCCC[n+]1ccc(-c2cc[n+](-c3ccc4c(c3)OCCOCCOCCOCCO4)cc2)cc1. The Labute approximate surface area is 207 Å². The third-order valence-electron chi connectivity index (χ3n) is 5.76. The fourth-order valence-electron chi connectivity index (χ4n) is 3.78. The zero-order valence-corrected chi connectivity index (χ0v) is 20.6. The number of hydrogen-bond acceptors (Lipinski definition) is 5. The van der Waals surface area contributed by atoms with Crippen LogP contribution in [-0.2, 0) is 20.8 Å². The van der Waals surface area contributed by atoms with Gasteiger partial charge in [0, 0.05) is 36.8 Å². The lowest BCUT2D eigenvalue weighted by atomic mass is 10.1. The van der Waals surface area contributed by atoms with Gasteiger partial charge in [-0.1, -0.05) is 13.3 Å². The largest absolute Gasteiger partial charge is 0.487 e. The summed E-state index contributed by atoms with van der Waals surface area (Å²) in [6.07, 6.45) is 10.8. The van der Waals surface area contributed by atoms with Crippen LogP contribution in [0.15, 0.2) is 67.3 Å². The summed E-state index contributed by atoms with van der Waals surface area (Å²) in [5.41, 5.74) is 3.38. The van der Waals surface area contributed by atoms with Gasteiger partial charge in [0.15, 0.2) is 36.3 Å². The molecule has 0 atom stereocenters. The van der Waals surface area contributed by atoms with Crippen molar-refractivity contribution in [1.82, 2.24) is 0 Å². The fraction of sp³-hybridized carbons (Fsp3) is 0.429. The molecule has 0 fully saturated rings. The molecule has 1 aromatic carbocycles. The van der Waals surface area contributed by atoms with Crippen LogP contribution in [0.4, 0.5) is 0 Å². The minimum absolute atomic E-state index is 0.437. The van der Waals surface area contributed by atoms with E-state index in [4.69, 9.17) is 23.7 Å². The highest BCUT2D eigenvalue weighted by molar-refractivity contribution is 5.61. The summed E-state index contributed by atoms with van der Waals surface area (Å²) < 4.78 is 32.8. The molecule has 0 spiro atoms. The van der Waals surface area contributed by atoms with Crippen LogP contribution in [-0.4, -0.2) is 52.9 Å². The zero-order valence-electron chi connectivity index (χ0n) is 20.6. The van der Waals surface area contributed by atoms with Crippen LogP contribution in [0.2, 0.25) is 0 Å². The Morgan fingerprint density at radius 2 is 1.17 bits per heavy atom. The monoisotopic (exact) mass is 480 g/mol. The first-order valence-electron chi connectivity index (χ1n) is 12.5. The summed E-state index contributed by atoms with van der Waals surface area (Å²) in [6.45, 7) is 7.32. The third kappa shape index (κ3) is 7.75. The predicted molar refractivity (Wildman–Crippen MR) is 132 cm³/mol. The van der Waals surface area contributed by atoms with E-state index < -0.39 is 0 Å². The summed E-state index contributed by atoms with van der Waals surface area (Å²) in [5, 5.41) is 0. The maximum Gasteiger partial charge on any atom is 0.214 e. The first-order valence-corrected chi connectivity index (χ1v) is 12.5. The molecule has 4 rings (SSSR count). The smallest absolute Gasteiger partial charge is 0.214 e. The number of pyridine rings is 2. The van der Waals surface area contributed by atoms with Crippen LogP contribution < -0.4 is 18.6 Å². The van der Waals surface area contributed by atoms with Crippen molar-refractivity contribution in [2.45, 2.75) is 26.3 Å². The topological polar surface area (TPSA) is 53.9 Å². The molecule has 0 radical (unpaired) electrons. The first kappa shape index (κ1) is 25.1. The summed E-state index contributed by atoms with van der Waals surface area (Å²) in [7, 11) is 0. The highest BCUT2D eigenvalue weighted by Crippen LogP contribution is 2.29. The van der Waals surface area contributed by atoms with Crippen molar-refractivity contribution in [3.05, 3.63) is 67.3 Å². The van der Waals surface area contributed by atoms with Crippen molar-refractivity contribution in [3.8, 4) is 28.3 Å². The Bertz CT molecular complexity index is 1020. The average Bonchev–Trinajstić information content (AvgIpc) is 2.91. The molecule has 7 nitrogen and oxygen atoms in total. The van der Waals surface area contributed by atoms with Crippen LogP contribution in [0.5, 0.6) is 11.5 Å². The van der Waals surface area contributed by atoms with Gasteiger partial charge in [0.05, 0.1) is 45.7 Å². The summed E-state index contributed by atoms with van der Waals surface area (Å²) in [5.74, 6) is 1.38. The van der Waals surface area contributed by atoms with Gasteiger partial charge >= 0.3 is 0 Å². The summed E-state index contributed by atoms with van der Waals surface area (Å²) in [6, 6.07) is 14.6. The Morgan fingerprint density at radius 1 is 0.629 bits per heavy atom. The number of rotatable bonds is 5. The van der Waals surface area contributed by atoms with Gasteiger partial charge < -0.3 is 23.7 Å². The lowest BCUT2D eigenvalue weighted by Crippen LogP contribution is -2.32. The van der Waals surface area contributed by atoms with Gasteiger partial charge in [-0.15, -0.1) is 0 Å². The lowest BCUT2D eigenvalue weighted by Gasteiger charge is -2.13. The molecule has 0 amide bonds. The minimum atomic E-state index is 0.437. The van der Waals surface area contributed by atoms with Gasteiger partial charge in [0.2, 0.25) is 5.69 Å². The number of aryl methyl sites for hydroxylation is 1. The van der Waals surface area contributed by atoms with Gasteiger partial charge in [0.1, 0.15) is 19.8 Å². The van der Waals surface area contributed by atoms with E-state index in [0.717, 1.165) is 12.2 Å². The second kappa shape index (κ2) is 13.8. The minimum Gasteiger partial charge on any atom is -0.487 e. The van der Waals surface area contributed by atoms with E-state index in [0.29, 0.717) is 64.4 Å². The molecule has 1 aliphatic rings. The van der Waals surface area contributed by atoms with Crippen LogP contribution >= 0.6 is 0 Å². The Kier molecular flexibility index (Phi) is 9.88. The van der Waals surface area contributed by atoms with Gasteiger partial charge in [0.25, 0.3) is 0 Å². The fourth-order valence-corrected chi connectivity index (χ4v) is 3.78. The number of nitrogens with zero attached hydrogens (tertiary/aromatic N) is 2. The number of benzene rings is 1. The van der Waals surface area contributed by atoms with Crippen molar-refractivity contribution in [2.75, 3.05) is 52.9 Å². The molecule has 2 aromatic heterocycles. The summed E-state index contributed by atoms with van der Waals surface area (Å²) in [4.78, 5) is 0. The number of aromatic nitrogens is 2. The maximum atomic E-state index is 6.01. The van der Waals surface area contributed by atoms with Crippen LogP contribution in [0.25, 0.3) is 16.8 Å². The molecule has 0 N–H and O–H groups in total. The van der Waals surface area contributed by atoms with E-state index in [-0.39, 0.29) is 0 Å². The van der Waals surface area contributed by atoms with Gasteiger partial charge in [-0.25, -0.2) is 4.57 Å². The Hall–Kier alpha value is -3.00. The molecular formula is C28H36N2O5+2. The van der Waals surface area contributed by atoms with Crippen molar-refractivity contribution in [1.29, 1.82) is 0 Å². The quantitative estimate of drug-likeness (QED) is 0.523. The van der Waals surface area contributed by atoms with E-state index in [1.807, 2.05) is 18.2 Å². The molecule has 0 aliphatic carbocycles. The van der Waals surface area contributed by atoms with E-state index in [1.165, 1.54) is 24.0 Å². The highest BCUT2D eigenvalue weighted by atomic mass is 16.6. The van der Waals surface area contributed by atoms with Crippen LogP contribution in [0.1, 0.15) is 19.8 Å². The van der Waals surface area contributed by atoms with Crippen LogP contribution in [0, 0.1) is 0 Å². The molecule has 0 unspecified atom stereocenters. The van der Waals surface area contributed by atoms with Crippen molar-refractivity contribution in [2.24, 2.45) is 0 Å². The number of hydrogen-bond donors (Lipinski definition) is 0. The van der Waals surface area contributed by atoms with Gasteiger partial charge in [-0.3, -0.25) is 0 Å². The van der Waals surface area contributed by atoms with E-state index >= 15 is 0 Å². The van der Waals surface area contributed by atoms with Crippen LogP contribution in [0.3, 0.4) is 0 Å². The third-order valence-corrected chi connectivity index (χ3v) is 5.76. The molecule has 0 saturated carbocycles. The lowest BCUT2D eigenvalue weighted by molar-refractivity contribution is -0.697. The van der Waals surface area contributed by atoms with E-state index in [1.54, 1.807) is 0 Å². The van der Waals surface area contributed by atoms with Gasteiger partial charge in [-0.2, -0.15) is 4.57 Å². The van der Waals surface area contributed by atoms with Crippen molar-refractivity contribution >= 4 is 0 Å². The van der Waals surface area contributed by atoms with E-state index in [2.05, 4.69) is 65.1 Å². The number of unbranched alkanes of at least 4 members (excludes halogenated alkanes) is 1. The molecule has 1 aliphatic heterocycles. The molecule has 0 bridgehead atoms. The standard InChI is InChI=1S/C28H36N2O5/c1-2-3-10-29-11-6-24(7-12-29)25-8-13-30(14-9-25)26-4-5-27-28(23-26)35-22-20-33-18-16-31-15-17-32-19-21-34-27/h4-9,11-14,23H,2-3,10,15-22H2,1H3/q+2. The Balaban J connectivity index is 1.45. The molecule has 7 heteroatoms. The average molecular weight is 481 g/mol. The summed E-state index contributed by atoms with van der Waals surface area (Å²) >= 11 is 0. The molecule has 0 saturated heterocycles. The predicted octanol–water partition coefficient (Wildman–Crippen LogP) is 3.54. The number of fused-ring (bicyclic) bond motifs is 1.